The molecule has 2 heterocycles. The monoisotopic (exact) mass is 314 g/mol. The molecule has 0 saturated carbocycles. The number of fused-ring (bicyclic) bond motifs is 1. The molecule has 0 spiro atoms. The molecule has 4 rings (SSSR count). The van der Waals surface area contributed by atoms with Crippen molar-refractivity contribution in [3.8, 4) is 22.8 Å². The summed E-state index contributed by atoms with van der Waals surface area (Å²) in [5, 5.41) is 6.85. The van der Waals surface area contributed by atoms with E-state index in [-0.39, 0.29) is 5.82 Å². The van der Waals surface area contributed by atoms with Crippen LogP contribution in [0.1, 0.15) is 0 Å². The number of benzene rings is 2. The fraction of sp³-hybridized carbons (Fsp3) is 0. The summed E-state index contributed by atoms with van der Waals surface area (Å²) >= 11 is 0. The van der Waals surface area contributed by atoms with Crippen molar-refractivity contribution < 1.29 is 13.2 Å². The number of H-pyrrole nitrogens is 2. The molecule has 0 unspecified atom stereocenters. The third kappa shape index (κ3) is 2.36. The summed E-state index contributed by atoms with van der Waals surface area (Å²) in [6, 6.07) is 9.45. The lowest BCUT2D eigenvalue weighted by molar-refractivity contribution is 0.509. The summed E-state index contributed by atoms with van der Waals surface area (Å²) in [4.78, 5) is 7.32. The third-order valence-corrected chi connectivity index (χ3v) is 3.49. The molecule has 0 aliphatic heterocycles. The topological polar surface area (TPSA) is 57.4 Å². The minimum Gasteiger partial charge on any atom is -0.337 e. The van der Waals surface area contributed by atoms with Crippen LogP contribution in [0.5, 0.6) is 0 Å². The van der Waals surface area contributed by atoms with Crippen molar-refractivity contribution in [3.05, 3.63) is 59.9 Å². The van der Waals surface area contributed by atoms with Gasteiger partial charge >= 0.3 is 0 Å². The first-order valence-electron chi connectivity index (χ1n) is 6.76. The fourth-order valence-electron chi connectivity index (χ4n) is 2.36. The molecule has 0 aliphatic carbocycles. The van der Waals surface area contributed by atoms with Crippen LogP contribution in [0.3, 0.4) is 0 Å². The predicted octanol–water partition coefficient (Wildman–Crippen LogP) is 4.04. The summed E-state index contributed by atoms with van der Waals surface area (Å²) < 4.78 is 39.5. The van der Waals surface area contributed by atoms with E-state index in [9.17, 15) is 13.2 Å². The standard InChI is InChI=1S/C16H9F3N4/c17-9-2-4-12-14(6-9)21-16(20-12)15-7-13(22-23-15)8-1-3-10(18)11(19)5-8/h1-7H,(H,20,21)(H,22,23). The normalized spacial score (nSPS) is 11.3. The van der Waals surface area contributed by atoms with Gasteiger partial charge in [0.1, 0.15) is 11.5 Å². The summed E-state index contributed by atoms with van der Waals surface area (Å²) in [5.74, 6) is -1.73. The van der Waals surface area contributed by atoms with Crippen LogP contribution in [-0.4, -0.2) is 20.2 Å². The highest BCUT2D eigenvalue weighted by Gasteiger charge is 2.12. The van der Waals surface area contributed by atoms with E-state index in [1.807, 2.05) is 0 Å². The van der Waals surface area contributed by atoms with Gasteiger partial charge in [0, 0.05) is 5.56 Å². The Morgan fingerprint density at radius 1 is 0.870 bits per heavy atom. The summed E-state index contributed by atoms with van der Waals surface area (Å²) in [5.41, 5.74) is 2.62. The number of nitrogens with one attached hydrogen (secondary N) is 2. The molecule has 0 aliphatic rings. The highest BCUT2D eigenvalue weighted by Crippen LogP contribution is 2.25. The van der Waals surface area contributed by atoms with Crippen molar-refractivity contribution in [2.24, 2.45) is 0 Å². The Morgan fingerprint density at radius 2 is 1.74 bits per heavy atom. The molecule has 114 valence electrons. The number of nitrogens with zero attached hydrogens (tertiary/aromatic N) is 2. The molecule has 0 fully saturated rings. The largest absolute Gasteiger partial charge is 0.337 e. The molecule has 23 heavy (non-hydrogen) atoms. The Kier molecular flexibility index (Phi) is 2.94. The second kappa shape index (κ2) is 4.98. The molecule has 0 bridgehead atoms. The number of hydrogen-bond donors (Lipinski definition) is 2. The number of imidazole rings is 1. The maximum absolute atomic E-state index is 13.3. The Labute approximate surface area is 128 Å². The lowest BCUT2D eigenvalue weighted by atomic mass is 10.1. The van der Waals surface area contributed by atoms with Crippen molar-refractivity contribution >= 4 is 11.0 Å². The van der Waals surface area contributed by atoms with Crippen molar-refractivity contribution in [1.29, 1.82) is 0 Å². The van der Waals surface area contributed by atoms with E-state index in [2.05, 4.69) is 20.2 Å². The van der Waals surface area contributed by atoms with Gasteiger partial charge in [-0.1, -0.05) is 0 Å². The number of aromatic nitrogens is 4. The third-order valence-electron chi connectivity index (χ3n) is 3.49. The van der Waals surface area contributed by atoms with E-state index >= 15 is 0 Å². The molecule has 2 aromatic heterocycles. The van der Waals surface area contributed by atoms with E-state index in [0.717, 1.165) is 12.1 Å². The van der Waals surface area contributed by atoms with Gasteiger partial charge in [0.25, 0.3) is 0 Å². The van der Waals surface area contributed by atoms with Crippen LogP contribution >= 0.6 is 0 Å². The van der Waals surface area contributed by atoms with Crippen molar-refractivity contribution in [3.63, 3.8) is 0 Å². The molecule has 0 radical (unpaired) electrons. The van der Waals surface area contributed by atoms with Gasteiger partial charge in [-0.05, 0) is 42.5 Å². The van der Waals surface area contributed by atoms with E-state index < -0.39 is 11.6 Å². The molecule has 0 amide bonds. The smallest absolute Gasteiger partial charge is 0.159 e. The molecule has 2 aromatic carbocycles. The first-order chi connectivity index (χ1) is 11.1. The molecular weight excluding hydrogens is 305 g/mol. The first-order valence-corrected chi connectivity index (χ1v) is 6.76. The van der Waals surface area contributed by atoms with Gasteiger partial charge < -0.3 is 4.98 Å². The van der Waals surface area contributed by atoms with Gasteiger partial charge in [-0.15, -0.1) is 0 Å². The van der Waals surface area contributed by atoms with Crippen molar-refractivity contribution in [2.45, 2.75) is 0 Å². The number of halogens is 3. The van der Waals surface area contributed by atoms with E-state index in [0.29, 0.717) is 33.8 Å². The summed E-state index contributed by atoms with van der Waals surface area (Å²) in [7, 11) is 0. The van der Waals surface area contributed by atoms with Crippen LogP contribution in [0.15, 0.2) is 42.5 Å². The molecule has 4 aromatic rings. The number of aromatic amines is 2. The molecule has 7 heteroatoms. The highest BCUT2D eigenvalue weighted by molar-refractivity contribution is 5.79. The Bertz CT molecular complexity index is 1020. The van der Waals surface area contributed by atoms with Crippen molar-refractivity contribution in [1.82, 2.24) is 20.2 Å². The van der Waals surface area contributed by atoms with Crippen LogP contribution in [0.2, 0.25) is 0 Å². The van der Waals surface area contributed by atoms with Crippen LogP contribution in [0, 0.1) is 17.5 Å². The lowest BCUT2D eigenvalue weighted by Crippen LogP contribution is -1.85. The van der Waals surface area contributed by atoms with Gasteiger partial charge in [0.05, 0.1) is 16.7 Å². The Balaban J connectivity index is 1.75. The second-order valence-corrected chi connectivity index (χ2v) is 5.04. The van der Waals surface area contributed by atoms with Crippen LogP contribution in [0.25, 0.3) is 33.8 Å². The summed E-state index contributed by atoms with van der Waals surface area (Å²) in [6.07, 6.45) is 0. The fourth-order valence-corrected chi connectivity index (χ4v) is 2.36. The van der Waals surface area contributed by atoms with E-state index in [1.165, 1.54) is 18.2 Å². The molecular formula is C16H9F3N4. The second-order valence-electron chi connectivity index (χ2n) is 5.04. The van der Waals surface area contributed by atoms with Gasteiger partial charge in [-0.2, -0.15) is 5.10 Å². The van der Waals surface area contributed by atoms with Crippen LogP contribution < -0.4 is 0 Å². The quantitative estimate of drug-likeness (QED) is 0.587. The lowest BCUT2D eigenvalue weighted by Gasteiger charge is -1.96. The predicted molar refractivity (Wildman–Crippen MR) is 79.0 cm³/mol. The van der Waals surface area contributed by atoms with E-state index in [4.69, 9.17) is 0 Å². The molecule has 0 saturated heterocycles. The average Bonchev–Trinajstić information content (AvgIpc) is 3.15. The zero-order valence-corrected chi connectivity index (χ0v) is 11.6. The molecule has 4 nitrogen and oxygen atoms in total. The van der Waals surface area contributed by atoms with Crippen LogP contribution in [0.4, 0.5) is 13.2 Å². The number of hydrogen-bond acceptors (Lipinski definition) is 2. The highest BCUT2D eigenvalue weighted by atomic mass is 19.2. The zero-order valence-electron chi connectivity index (χ0n) is 11.6. The van der Waals surface area contributed by atoms with Crippen molar-refractivity contribution in [2.75, 3.05) is 0 Å². The minimum absolute atomic E-state index is 0.361. The maximum atomic E-state index is 13.3. The van der Waals surface area contributed by atoms with Gasteiger partial charge in [0.15, 0.2) is 17.5 Å². The minimum atomic E-state index is -0.939. The summed E-state index contributed by atoms with van der Waals surface area (Å²) in [6.45, 7) is 0. The zero-order chi connectivity index (χ0) is 16.0. The molecule has 0 atom stereocenters. The van der Waals surface area contributed by atoms with Gasteiger partial charge in [0.2, 0.25) is 0 Å². The van der Waals surface area contributed by atoms with Gasteiger partial charge in [-0.25, -0.2) is 18.2 Å². The first kappa shape index (κ1) is 13.6. The van der Waals surface area contributed by atoms with Crippen LogP contribution in [-0.2, 0) is 0 Å². The SMILES string of the molecule is Fc1ccc2nc(-c3cc(-c4ccc(F)c(F)c4)n[nH]3)[nH]c2c1. The average molecular weight is 314 g/mol. The Hall–Kier alpha value is -3.09. The number of rotatable bonds is 2. The van der Waals surface area contributed by atoms with E-state index in [1.54, 1.807) is 12.1 Å². The Morgan fingerprint density at radius 3 is 2.57 bits per heavy atom. The molecule has 2 N–H and O–H groups in total. The van der Waals surface area contributed by atoms with Gasteiger partial charge in [-0.3, -0.25) is 5.10 Å². The maximum Gasteiger partial charge on any atom is 0.159 e.